The van der Waals surface area contributed by atoms with Gasteiger partial charge in [0.25, 0.3) is 5.91 Å². The number of anilines is 1. The molecule has 0 aliphatic carbocycles. The van der Waals surface area contributed by atoms with Gasteiger partial charge in [0.15, 0.2) is 0 Å². The lowest BCUT2D eigenvalue weighted by atomic mass is 9.93. The predicted molar refractivity (Wildman–Crippen MR) is 120 cm³/mol. The summed E-state index contributed by atoms with van der Waals surface area (Å²) in [5.74, 6) is -0.0355. The van der Waals surface area contributed by atoms with Gasteiger partial charge in [-0.05, 0) is 53.4 Å². The van der Waals surface area contributed by atoms with E-state index in [0.29, 0.717) is 0 Å². The number of carbonyl (C=O) groups excluding carboxylic acids is 1. The van der Waals surface area contributed by atoms with Crippen molar-refractivity contribution in [1.29, 1.82) is 0 Å². The third-order valence-electron chi connectivity index (χ3n) is 5.75. The number of aromatic nitrogens is 1. The average Bonchev–Trinajstić information content (AvgIpc) is 2.79. The zero-order valence-corrected chi connectivity index (χ0v) is 16.7. The van der Waals surface area contributed by atoms with Gasteiger partial charge >= 0.3 is 0 Å². The predicted octanol–water partition coefficient (Wildman–Crippen LogP) is 5.05. The molecular weight excluding hydrogens is 370 g/mol. The number of para-hydroxylation sites is 2. The summed E-state index contributed by atoms with van der Waals surface area (Å²) in [6.07, 6.45) is 2.76. The molecule has 3 aromatic carbocycles. The summed E-state index contributed by atoms with van der Waals surface area (Å²) in [4.78, 5) is 19.8. The fourth-order valence-electron chi connectivity index (χ4n) is 4.27. The smallest absolute Gasteiger partial charge is 0.255 e. The minimum atomic E-state index is -0.0355. The van der Waals surface area contributed by atoms with Crippen LogP contribution >= 0.6 is 0 Å². The van der Waals surface area contributed by atoms with Crippen LogP contribution in [-0.2, 0) is 19.5 Å². The number of hydrogen-bond acceptors (Lipinski definition) is 3. The van der Waals surface area contributed by atoms with Crippen molar-refractivity contribution in [3.05, 3.63) is 107 Å². The molecule has 4 nitrogen and oxygen atoms in total. The molecule has 4 aromatic rings. The highest BCUT2D eigenvalue weighted by molar-refractivity contribution is 6.05. The van der Waals surface area contributed by atoms with Gasteiger partial charge in [0.1, 0.15) is 0 Å². The third-order valence-corrected chi connectivity index (χ3v) is 5.75. The summed E-state index contributed by atoms with van der Waals surface area (Å²) in [6.45, 7) is 2.65. The molecule has 0 saturated carbocycles. The summed E-state index contributed by atoms with van der Waals surface area (Å²) in [6, 6.07) is 26.1. The second-order valence-corrected chi connectivity index (χ2v) is 7.71. The highest BCUT2D eigenvalue weighted by Gasteiger charge is 2.22. The SMILES string of the molecule is O=C(Nc1ccccc1)c1cccc2c1CCN(Cc1ccnc3ccccc13)C2. The van der Waals surface area contributed by atoms with E-state index >= 15 is 0 Å². The van der Waals surface area contributed by atoms with E-state index in [-0.39, 0.29) is 5.91 Å². The van der Waals surface area contributed by atoms with Crippen molar-refractivity contribution in [3.63, 3.8) is 0 Å². The van der Waals surface area contributed by atoms with E-state index < -0.39 is 0 Å². The summed E-state index contributed by atoms with van der Waals surface area (Å²) >= 11 is 0. The molecule has 1 amide bonds. The maximum absolute atomic E-state index is 12.9. The highest BCUT2D eigenvalue weighted by Crippen LogP contribution is 2.26. The standard InChI is InChI=1S/C26H23N3O/c30-26(28-21-8-2-1-3-9-21)24-11-6-7-19-17-29(16-14-22(19)24)18-20-13-15-27-25-12-5-4-10-23(20)25/h1-13,15H,14,16-18H2,(H,28,30). The lowest BCUT2D eigenvalue weighted by Crippen LogP contribution is -2.31. The summed E-state index contributed by atoms with van der Waals surface area (Å²) in [5, 5.41) is 4.23. The quantitative estimate of drug-likeness (QED) is 0.528. The topological polar surface area (TPSA) is 45.2 Å². The largest absolute Gasteiger partial charge is 0.322 e. The van der Waals surface area contributed by atoms with Gasteiger partial charge in [-0.15, -0.1) is 0 Å². The van der Waals surface area contributed by atoms with Crippen LogP contribution in [0, 0.1) is 0 Å². The van der Waals surface area contributed by atoms with E-state index in [9.17, 15) is 4.79 Å². The van der Waals surface area contributed by atoms with Crippen LogP contribution in [0.3, 0.4) is 0 Å². The van der Waals surface area contributed by atoms with Crippen molar-refractivity contribution in [3.8, 4) is 0 Å². The molecule has 30 heavy (non-hydrogen) atoms. The Morgan fingerprint density at radius 2 is 1.77 bits per heavy atom. The Hall–Kier alpha value is -3.50. The Balaban J connectivity index is 1.36. The van der Waals surface area contributed by atoms with Gasteiger partial charge in [-0.3, -0.25) is 14.7 Å². The summed E-state index contributed by atoms with van der Waals surface area (Å²) < 4.78 is 0. The first-order valence-corrected chi connectivity index (χ1v) is 10.3. The van der Waals surface area contributed by atoms with Crippen LogP contribution in [0.1, 0.15) is 27.0 Å². The fourth-order valence-corrected chi connectivity index (χ4v) is 4.27. The maximum atomic E-state index is 12.9. The number of nitrogens with zero attached hydrogens (tertiary/aromatic N) is 2. The molecule has 0 bridgehead atoms. The van der Waals surface area contributed by atoms with E-state index in [4.69, 9.17) is 0 Å². The molecule has 2 heterocycles. The van der Waals surface area contributed by atoms with Crippen LogP contribution in [0.15, 0.2) is 85.1 Å². The van der Waals surface area contributed by atoms with Gasteiger partial charge in [-0.2, -0.15) is 0 Å². The Bertz CT molecular complexity index is 1200. The maximum Gasteiger partial charge on any atom is 0.255 e. The Labute approximate surface area is 176 Å². The lowest BCUT2D eigenvalue weighted by molar-refractivity contribution is 0.102. The molecule has 5 rings (SSSR count). The third kappa shape index (κ3) is 3.70. The van der Waals surface area contributed by atoms with Gasteiger partial charge in [0, 0.05) is 42.5 Å². The van der Waals surface area contributed by atoms with Crippen molar-refractivity contribution in [1.82, 2.24) is 9.88 Å². The number of rotatable bonds is 4. The number of hydrogen-bond donors (Lipinski definition) is 1. The first-order chi connectivity index (χ1) is 14.8. The first-order valence-electron chi connectivity index (χ1n) is 10.3. The highest BCUT2D eigenvalue weighted by atomic mass is 16.1. The van der Waals surface area contributed by atoms with Crippen LogP contribution in [0.2, 0.25) is 0 Å². The van der Waals surface area contributed by atoms with Crippen molar-refractivity contribution in [2.75, 3.05) is 11.9 Å². The molecule has 0 spiro atoms. The molecule has 4 heteroatoms. The zero-order chi connectivity index (χ0) is 20.3. The van der Waals surface area contributed by atoms with Crippen molar-refractivity contribution in [2.45, 2.75) is 19.5 Å². The number of carbonyl (C=O) groups is 1. The molecule has 1 aliphatic rings. The lowest BCUT2D eigenvalue weighted by Gasteiger charge is -2.30. The molecule has 1 N–H and O–H groups in total. The average molecular weight is 393 g/mol. The van der Waals surface area contributed by atoms with Gasteiger partial charge in [-0.1, -0.05) is 48.5 Å². The number of amides is 1. The summed E-state index contributed by atoms with van der Waals surface area (Å²) in [5.41, 5.74) is 6.34. The Morgan fingerprint density at radius 1 is 0.933 bits per heavy atom. The molecule has 0 saturated heterocycles. The molecule has 0 atom stereocenters. The van der Waals surface area contributed by atoms with E-state index in [1.165, 1.54) is 22.1 Å². The van der Waals surface area contributed by atoms with Crippen LogP contribution in [-0.4, -0.2) is 22.3 Å². The van der Waals surface area contributed by atoms with Gasteiger partial charge in [0.05, 0.1) is 5.52 Å². The molecule has 0 radical (unpaired) electrons. The Kier molecular flexibility index (Phi) is 4.99. The van der Waals surface area contributed by atoms with Crippen molar-refractivity contribution < 1.29 is 4.79 Å². The van der Waals surface area contributed by atoms with Crippen LogP contribution in [0.5, 0.6) is 0 Å². The number of nitrogens with one attached hydrogen (secondary N) is 1. The monoisotopic (exact) mass is 393 g/mol. The van der Waals surface area contributed by atoms with Crippen molar-refractivity contribution >= 4 is 22.5 Å². The first kappa shape index (κ1) is 18.5. The minimum Gasteiger partial charge on any atom is -0.322 e. The fraction of sp³-hybridized carbons (Fsp3) is 0.154. The van der Waals surface area contributed by atoms with Gasteiger partial charge in [-0.25, -0.2) is 0 Å². The minimum absolute atomic E-state index is 0.0355. The van der Waals surface area contributed by atoms with Gasteiger partial charge < -0.3 is 5.32 Å². The molecule has 0 fully saturated rings. The summed E-state index contributed by atoms with van der Waals surface area (Å²) in [7, 11) is 0. The molecule has 148 valence electrons. The molecule has 1 aromatic heterocycles. The van der Waals surface area contributed by atoms with Crippen LogP contribution in [0.4, 0.5) is 5.69 Å². The Morgan fingerprint density at radius 3 is 2.67 bits per heavy atom. The van der Waals surface area contributed by atoms with E-state index in [2.05, 4.69) is 45.5 Å². The number of benzene rings is 3. The van der Waals surface area contributed by atoms with Crippen molar-refractivity contribution in [2.24, 2.45) is 0 Å². The van der Waals surface area contributed by atoms with Crippen LogP contribution < -0.4 is 5.32 Å². The van der Waals surface area contributed by atoms with E-state index in [1.54, 1.807) is 0 Å². The normalized spacial score (nSPS) is 13.7. The van der Waals surface area contributed by atoms with E-state index in [1.807, 2.05) is 54.7 Å². The zero-order valence-electron chi connectivity index (χ0n) is 16.7. The molecule has 1 aliphatic heterocycles. The number of pyridine rings is 1. The van der Waals surface area contributed by atoms with E-state index in [0.717, 1.165) is 42.8 Å². The molecule has 0 unspecified atom stereocenters. The second kappa shape index (κ2) is 8.09. The number of fused-ring (bicyclic) bond motifs is 2. The molecular formula is C26H23N3O. The van der Waals surface area contributed by atoms with Gasteiger partial charge in [0.2, 0.25) is 0 Å². The van der Waals surface area contributed by atoms with Crippen LogP contribution in [0.25, 0.3) is 10.9 Å². The second-order valence-electron chi connectivity index (χ2n) is 7.71.